The van der Waals surface area contributed by atoms with E-state index < -0.39 is 28.7 Å². The van der Waals surface area contributed by atoms with Crippen molar-refractivity contribution in [2.24, 2.45) is 23.7 Å². The van der Waals surface area contributed by atoms with Crippen LogP contribution in [0.5, 0.6) is 0 Å². The second-order valence-corrected chi connectivity index (χ2v) is 13.4. The zero-order valence-corrected chi connectivity index (χ0v) is 24.0. The van der Waals surface area contributed by atoms with Crippen LogP contribution < -0.4 is 10.6 Å². The van der Waals surface area contributed by atoms with Crippen LogP contribution in [-0.4, -0.2) is 101 Å². The molecule has 1 aromatic carbocycles. The van der Waals surface area contributed by atoms with Gasteiger partial charge in [-0.1, -0.05) is 39.0 Å². The topological polar surface area (TPSA) is 111 Å². The van der Waals surface area contributed by atoms with Crippen molar-refractivity contribution < 1.29 is 24.2 Å². The number of carbonyl (C=O) groups is 3. The maximum atomic E-state index is 14.3. The number of morpholine rings is 1. The Morgan fingerprint density at radius 1 is 1.18 bits per heavy atom. The molecule has 4 aliphatic heterocycles. The van der Waals surface area contributed by atoms with E-state index >= 15 is 0 Å². The summed E-state index contributed by atoms with van der Waals surface area (Å²) < 4.78 is 4.73. The zero-order chi connectivity index (χ0) is 27.7. The highest BCUT2D eigenvalue weighted by atomic mass is 32.2. The van der Waals surface area contributed by atoms with Gasteiger partial charge in [0.25, 0.3) is 0 Å². The molecule has 39 heavy (non-hydrogen) atoms. The van der Waals surface area contributed by atoms with E-state index in [1.807, 2.05) is 30.3 Å². The van der Waals surface area contributed by atoms with Crippen molar-refractivity contribution in [2.75, 3.05) is 51.3 Å². The molecular weight excluding hydrogens is 516 g/mol. The van der Waals surface area contributed by atoms with E-state index in [-0.39, 0.29) is 41.4 Å². The van der Waals surface area contributed by atoms with Gasteiger partial charge in [-0.05, 0) is 36.8 Å². The third-order valence-electron chi connectivity index (χ3n) is 8.95. The van der Waals surface area contributed by atoms with Gasteiger partial charge in [-0.25, -0.2) is 0 Å². The summed E-state index contributed by atoms with van der Waals surface area (Å²) in [6.07, 6.45) is 1.37. The fourth-order valence-electron chi connectivity index (χ4n) is 7.28. The molecule has 7 atom stereocenters. The third kappa shape index (κ3) is 5.21. The molecule has 1 aromatic rings. The largest absolute Gasteiger partial charge is 0.394 e. The number of nitrogens with one attached hydrogen (secondary N) is 2. The predicted octanol–water partition coefficient (Wildman–Crippen LogP) is 1.82. The number of rotatable bonds is 10. The zero-order valence-electron chi connectivity index (χ0n) is 23.2. The average molecular weight is 559 g/mol. The van der Waals surface area contributed by atoms with Crippen LogP contribution in [0.15, 0.2) is 30.3 Å². The van der Waals surface area contributed by atoms with Crippen LogP contribution >= 0.6 is 11.8 Å². The molecule has 4 aliphatic rings. The number of likely N-dealkylation sites (tertiary alicyclic amines) is 1. The molecule has 10 heteroatoms. The van der Waals surface area contributed by atoms with E-state index in [1.165, 1.54) is 0 Å². The molecule has 1 spiro atoms. The lowest BCUT2D eigenvalue weighted by molar-refractivity contribution is -0.142. The van der Waals surface area contributed by atoms with Gasteiger partial charge < -0.3 is 25.4 Å². The minimum absolute atomic E-state index is 0.0267. The summed E-state index contributed by atoms with van der Waals surface area (Å²) in [7, 11) is 0. The Bertz CT molecular complexity index is 1050. The van der Waals surface area contributed by atoms with E-state index in [0.717, 1.165) is 26.1 Å². The van der Waals surface area contributed by atoms with Gasteiger partial charge >= 0.3 is 0 Å². The van der Waals surface area contributed by atoms with E-state index in [9.17, 15) is 19.5 Å². The molecule has 0 radical (unpaired) electrons. The number of hydrogen-bond donors (Lipinski definition) is 3. The summed E-state index contributed by atoms with van der Waals surface area (Å²) in [6, 6.07) is 8.11. The third-order valence-corrected chi connectivity index (χ3v) is 11.0. The number of amides is 3. The number of benzene rings is 1. The Morgan fingerprint density at radius 2 is 1.90 bits per heavy atom. The monoisotopic (exact) mass is 558 g/mol. The number of aliphatic hydroxyl groups excluding tert-OH is 1. The Balaban J connectivity index is 1.43. The summed E-state index contributed by atoms with van der Waals surface area (Å²) in [6.45, 7) is 10.3. The number of aliphatic hydroxyl groups is 1. The number of fused-ring (bicyclic) bond motifs is 1. The molecule has 0 saturated carbocycles. The van der Waals surface area contributed by atoms with Crippen LogP contribution in [0.25, 0.3) is 0 Å². The van der Waals surface area contributed by atoms with Gasteiger partial charge in [-0.15, -0.1) is 11.8 Å². The van der Waals surface area contributed by atoms with E-state index in [2.05, 4.69) is 36.3 Å². The van der Waals surface area contributed by atoms with Gasteiger partial charge in [0, 0.05) is 37.1 Å². The Hall–Kier alpha value is -2.14. The highest BCUT2D eigenvalue weighted by Gasteiger charge is 2.76. The first-order valence-electron chi connectivity index (χ1n) is 14.3. The number of nitrogens with zero attached hydrogens (tertiary/aromatic N) is 2. The summed E-state index contributed by atoms with van der Waals surface area (Å²) in [5.41, 5.74) is 0.699. The smallest absolute Gasteiger partial charge is 0.244 e. The standard InChI is InChI=1S/C29H42N4O5S/c1-18(2)15-21(17-34)33-25(27(36)30-9-10-32-11-13-38-14-12-32)29-19(3)16-22(39-29)23(24(29)28(33)37)26(35)31-20-7-5-4-6-8-20/h4-8,18-19,21-25,34H,9-17H2,1-3H3,(H,30,36)(H,31,35)/t19?,21-,22+,23-,24+,25?,29?/m1/s1. The highest BCUT2D eigenvalue weighted by molar-refractivity contribution is 8.02. The quantitative estimate of drug-likeness (QED) is 0.402. The lowest BCUT2D eigenvalue weighted by atomic mass is 9.66. The molecule has 4 saturated heterocycles. The van der Waals surface area contributed by atoms with E-state index in [4.69, 9.17) is 4.74 Å². The molecule has 3 unspecified atom stereocenters. The Labute approximate surface area is 235 Å². The van der Waals surface area contributed by atoms with Crippen molar-refractivity contribution in [3.8, 4) is 0 Å². The summed E-state index contributed by atoms with van der Waals surface area (Å²) in [5, 5.41) is 16.6. The molecule has 3 amide bonds. The Kier molecular flexibility index (Phi) is 8.56. The average Bonchev–Trinajstić information content (AvgIpc) is 3.52. The van der Waals surface area contributed by atoms with Crippen molar-refractivity contribution in [2.45, 2.75) is 55.7 Å². The molecule has 214 valence electrons. The number of ether oxygens (including phenoxy) is 1. The first-order valence-corrected chi connectivity index (χ1v) is 15.2. The van der Waals surface area contributed by atoms with Crippen molar-refractivity contribution in [1.82, 2.24) is 15.1 Å². The summed E-state index contributed by atoms with van der Waals surface area (Å²) >= 11 is 1.66. The molecule has 4 heterocycles. The van der Waals surface area contributed by atoms with Gasteiger partial charge in [0.1, 0.15) is 6.04 Å². The molecule has 3 N–H and O–H groups in total. The summed E-state index contributed by atoms with van der Waals surface area (Å²) in [4.78, 5) is 46.0. The van der Waals surface area contributed by atoms with Crippen LogP contribution in [-0.2, 0) is 19.1 Å². The van der Waals surface area contributed by atoms with Crippen LogP contribution in [0.4, 0.5) is 5.69 Å². The maximum Gasteiger partial charge on any atom is 0.244 e. The normalized spacial score (nSPS) is 32.9. The Morgan fingerprint density at radius 3 is 2.56 bits per heavy atom. The molecule has 9 nitrogen and oxygen atoms in total. The first-order chi connectivity index (χ1) is 18.8. The van der Waals surface area contributed by atoms with Crippen molar-refractivity contribution >= 4 is 35.2 Å². The van der Waals surface area contributed by atoms with Gasteiger partial charge in [0.2, 0.25) is 17.7 Å². The van der Waals surface area contributed by atoms with Crippen LogP contribution in [0.1, 0.15) is 33.6 Å². The van der Waals surface area contributed by atoms with Gasteiger partial charge in [0.05, 0.1) is 42.4 Å². The lowest BCUT2D eigenvalue weighted by Gasteiger charge is -2.40. The van der Waals surface area contributed by atoms with Gasteiger partial charge in [0.15, 0.2) is 0 Å². The van der Waals surface area contributed by atoms with Crippen LogP contribution in [0, 0.1) is 23.7 Å². The lowest BCUT2D eigenvalue weighted by Crippen LogP contribution is -2.59. The fraction of sp³-hybridized carbons (Fsp3) is 0.690. The van der Waals surface area contributed by atoms with Crippen molar-refractivity contribution in [3.63, 3.8) is 0 Å². The van der Waals surface area contributed by atoms with Gasteiger partial charge in [-0.3, -0.25) is 19.3 Å². The van der Waals surface area contributed by atoms with Crippen LogP contribution in [0.2, 0.25) is 0 Å². The molecule has 2 bridgehead atoms. The van der Waals surface area contributed by atoms with Gasteiger partial charge in [-0.2, -0.15) is 0 Å². The second kappa shape index (κ2) is 11.8. The van der Waals surface area contributed by atoms with E-state index in [0.29, 0.717) is 31.9 Å². The number of para-hydroxylation sites is 1. The minimum atomic E-state index is -0.727. The number of thioether (sulfide) groups is 1. The fourth-order valence-corrected chi connectivity index (χ4v) is 9.69. The van der Waals surface area contributed by atoms with Crippen molar-refractivity contribution in [1.29, 1.82) is 0 Å². The maximum absolute atomic E-state index is 14.3. The molecule has 4 fully saturated rings. The minimum Gasteiger partial charge on any atom is -0.394 e. The highest BCUT2D eigenvalue weighted by Crippen LogP contribution is 2.68. The van der Waals surface area contributed by atoms with Crippen molar-refractivity contribution in [3.05, 3.63) is 30.3 Å². The molecule has 5 rings (SSSR count). The number of carbonyl (C=O) groups excluding carboxylic acids is 3. The molecule has 0 aromatic heterocycles. The number of anilines is 1. The SMILES string of the molecule is CC(C)C[C@H](CO)N1C(=O)[C@@H]2[C@H](C(=O)Nc3ccccc3)[C@@H]3CC(C)C2(S3)C1C(=O)NCCN1CCOCC1. The summed E-state index contributed by atoms with van der Waals surface area (Å²) in [5.74, 6) is -1.31. The molecular formula is C29H42N4O5S. The predicted molar refractivity (Wildman–Crippen MR) is 151 cm³/mol. The second-order valence-electron chi connectivity index (χ2n) is 11.9. The number of hydrogen-bond acceptors (Lipinski definition) is 7. The van der Waals surface area contributed by atoms with E-state index in [1.54, 1.807) is 16.7 Å². The molecule has 0 aliphatic carbocycles. The van der Waals surface area contributed by atoms with Crippen LogP contribution in [0.3, 0.4) is 0 Å². The first kappa shape index (κ1) is 28.4.